The molecular formula is C18H21NO4S. The van der Waals surface area contributed by atoms with Gasteiger partial charge in [-0.2, -0.15) is 0 Å². The number of nitrogens with one attached hydrogen (secondary N) is 1. The summed E-state index contributed by atoms with van der Waals surface area (Å²) in [6.07, 6.45) is 0.919. The van der Waals surface area contributed by atoms with Crippen molar-refractivity contribution < 1.29 is 17.9 Å². The fraction of sp³-hybridized carbons (Fsp3) is 0.333. The van der Waals surface area contributed by atoms with Gasteiger partial charge in [0, 0.05) is 13.0 Å². The van der Waals surface area contributed by atoms with Gasteiger partial charge in [-0.25, -0.2) is 13.1 Å². The highest BCUT2D eigenvalue weighted by Gasteiger charge is 2.16. The Balaban J connectivity index is 1.67. The van der Waals surface area contributed by atoms with Crippen molar-refractivity contribution in [2.45, 2.75) is 37.8 Å². The Bertz CT molecular complexity index is 813. The van der Waals surface area contributed by atoms with E-state index in [1.54, 1.807) is 24.3 Å². The summed E-state index contributed by atoms with van der Waals surface area (Å²) in [5.74, 6) is 1.55. The van der Waals surface area contributed by atoms with E-state index in [0.717, 1.165) is 23.3 Å². The minimum atomic E-state index is -3.55. The average molecular weight is 347 g/mol. The van der Waals surface area contributed by atoms with Crippen LogP contribution < -0.4 is 14.2 Å². The van der Waals surface area contributed by atoms with E-state index in [1.165, 1.54) is 0 Å². The van der Waals surface area contributed by atoms with Crippen molar-refractivity contribution in [1.82, 2.24) is 4.72 Å². The third kappa shape index (κ3) is 3.88. The van der Waals surface area contributed by atoms with Gasteiger partial charge in [0.2, 0.25) is 10.0 Å². The average Bonchev–Trinajstić information content (AvgIpc) is 3.00. The molecule has 0 fully saturated rings. The van der Waals surface area contributed by atoms with Crippen LogP contribution >= 0.6 is 0 Å². The summed E-state index contributed by atoms with van der Waals surface area (Å²) in [5, 5.41) is 0. The van der Waals surface area contributed by atoms with E-state index in [4.69, 9.17) is 9.47 Å². The second kappa shape index (κ2) is 6.83. The molecule has 0 unspecified atom stereocenters. The van der Waals surface area contributed by atoms with Crippen LogP contribution in [-0.2, 0) is 23.0 Å². The fourth-order valence-corrected chi connectivity index (χ4v) is 3.60. The van der Waals surface area contributed by atoms with Crippen LogP contribution in [0.3, 0.4) is 0 Å². The monoisotopic (exact) mass is 347 g/mol. The molecule has 0 saturated carbocycles. The van der Waals surface area contributed by atoms with Gasteiger partial charge >= 0.3 is 0 Å². The van der Waals surface area contributed by atoms with Crippen molar-refractivity contribution in [3.8, 4) is 11.5 Å². The van der Waals surface area contributed by atoms with Crippen molar-refractivity contribution >= 4 is 10.0 Å². The molecule has 0 amide bonds. The van der Waals surface area contributed by atoms with Crippen molar-refractivity contribution in [2.75, 3.05) is 6.61 Å². The van der Waals surface area contributed by atoms with Crippen LogP contribution in [0.5, 0.6) is 11.5 Å². The molecule has 0 bridgehead atoms. The minimum Gasteiger partial charge on any atom is -0.493 e. The first-order chi connectivity index (χ1) is 11.4. The topological polar surface area (TPSA) is 64.6 Å². The number of sulfonamides is 1. The van der Waals surface area contributed by atoms with Crippen molar-refractivity contribution in [1.29, 1.82) is 0 Å². The molecule has 1 N–H and O–H groups in total. The highest BCUT2D eigenvalue weighted by molar-refractivity contribution is 7.89. The predicted octanol–water partition coefficient (Wildman–Crippen LogP) is 2.89. The number of ether oxygens (including phenoxy) is 2. The number of hydrogen-bond acceptors (Lipinski definition) is 4. The Kier molecular flexibility index (Phi) is 4.78. The quantitative estimate of drug-likeness (QED) is 0.873. The van der Waals surface area contributed by atoms with Gasteiger partial charge in [-0.15, -0.1) is 0 Å². The summed E-state index contributed by atoms with van der Waals surface area (Å²) in [6, 6.07) is 12.2. The summed E-state index contributed by atoms with van der Waals surface area (Å²) < 4.78 is 38.4. The molecule has 24 heavy (non-hydrogen) atoms. The molecule has 1 aliphatic rings. The van der Waals surface area contributed by atoms with E-state index < -0.39 is 10.0 Å². The maximum atomic E-state index is 12.4. The number of rotatable bonds is 6. The van der Waals surface area contributed by atoms with E-state index in [-0.39, 0.29) is 17.5 Å². The molecule has 6 heteroatoms. The molecule has 0 spiro atoms. The molecule has 3 rings (SSSR count). The van der Waals surface area contributed by atoms with E-state index >= 15 is 0 Å². The molecule has 5 nitrogen and oxygen atoms in total. The van der Waals surface area contributed by atoms with Crippen LogP contribution in [0, 0.1) is 0 Å². The number of benzene rings is 2. The van der Waals surface area contributed by atoms with Crippen molar-refractivity contribution in [3.63, 3.8) is 0 Å². The van der Waals surface area contributed by atoms with Crippen molar-refractivity contribution in [3.05, 3.63) is 53.6 Å². The van der Waals surface area contributed by atoms with Gasteiger partial charge in [-0.05, 0) is 55.3 Å². The summed E-state index contributed by atoms with van der Waals surface area (Å²) in [6.45, 7) is 4.79. The minimum absolute atomic E-state index is 0.0503. The molecule has 128 valence electrons. The SMILES string of the molecule is CC(C)Oc1ccc(S(=O)(=O)NCc2ccc3c(c2)CCO3)cc1. The van der Waals surface area contributed by atoms with Gasteiger partial charge in [0.1, 0.15) is 11.5 Å². The maximum Gasteiger partial charge on any atom is 0.240 e. The van der Waals surface area contributed by atoms with Gasteiger partial charge in [0.15, 0.2) is 0 Å². The Morgan fingerprint density at radius 2 is 1.92 bits per heavy atom. The first kappa shape index (κ1) is 16.8. The zero-order chi connectivity index (χ0) is 17.2. The standard InChI is InChI=1S/C18H21NO4S/c1-13(2)23-16-4-6-17(7-5-16)24(20,21)19-12-14-3-8-18-15(11-14)9-10-22-18/h3-8,11,13,19H,9-10,12H2,1-2H3. The fourth-order valence-electron chi connectivity index (χ4n) is 2.58. The van der Waals surface area contributed by atoms with E-state index in [2.05, 4.69) is 4.72 Å². The van der Waals surface area contributed by atoms with Gasteiger partial charge < -0.3 is 9.47 Å². The lowest BCUT2D eigenvalue weighted by molar-refractivity contribution is 0.242. The van der Waals surface area contributed by atoms with Gasteiger partial charge in [0.05, 0.1) is 17.6 Å². The Hall–Kier alpha value is -2.05. The highest BCUT2D eigenvalue weighted by atomic mass is 32.2. The Labute approximate surface area is 142 Å². The molecule has 0 radical (unpaired) electrons. The third-order valence-electron chi connectivity index (χ3n) is 3.73. The van der Waals surface area contributed by atoms with Crippen molar-refractivity contribution in [2.24, 2.45) is 0 Å². The van der Waals surface area contributed by atoms with Crippen LogP contribution in [0.4, 0.5) is 0 Å². The first-order valence-corrected chi connectivity index (χ1v) is 9.43. The van der Waals surface area contributed by atoms with E-state index in [0.29, 0.717) is 12.4 Å². The highest BCUT2D eigenvalue weighted by Crippen LogP contribution is 2.26. The van der Waals surface area contributed by atoms with Crippen LogP contribution in [0.1, 0.15) is 25.0 Å². The zero-order valence-electron chi connectivity index (χ0n) is 13.8. The summed E-state index contributed by atoms with van der Waals surface area (Å²) in [7, 11) is -3.55. The summed E-state index contributed by atoms with van der Waals surface area (Å²) >= 11 is 0. The lowest BCUT2D eigenvalue weighted by Gasteiger charge is -2.11. The summed E-state index contributed by atoms with van der Waals surface area (Å²) in [5.41, 5.74) is 2.05. The Morgan fingerprint density at radius 1 is 1.17 bits per heavy atom. The van der Waals surface area contributed by atoms with E-state index in [1.807, 2.05) is 32.0 Å². The number of hydrogen-bond donors (Lipinski definition) is 1. The molecule has 2 aromatic rings. The Morgan fingerprint density at radius 3 is 2.62 bits per heavy atom. The zero-order valence-corrected chi connectivity index (χ0v) is 14.6. The van der Waals surface area contributed by atoms with Gasteiger partial charge in [0.25, 0.3) is 0 Å². The van der Waals surface area contributed by atoms with Crippen LogP contribution in [0.25, 0.3) is 0 Å². The maximum absolute atomic E-state index is 12.4. The normalized spacial score (nSPS) is 13.6. The molecule has 0 aromatic heterocycles. The molecule has 0 atom stereocenters. The third-order valence-corrected chi connectivity index (χ3v) is 5.14. The second-order valence-corrected chi connectivity index (χ2v) is 7.77. The van der Waals surface area contributed by atoms with Gasteiger partial charge in [-0.3, -0.25) is 0 Å². The lowest BCUT2D eigenvalue weighted by Crippen LogP contribution is -2.23. The predicted molar refractivity (Wildman–Crippen MR) is 91.9 cm³/mol. The molecule has 2 aromatic carbocycles. The lowest BCUT2D eigenvalue weighted by atomic mass is 10.1. The molecule has 0 aliphatic carbocycles. The van der Waals surface area contributed by atoms with Crippen LogP contribution in [-0.4, -0.2) is 21.1 Å². The molecule has 1 heterocycles. The smallest absolute Gasteiger partial charge is 0.240 e. The number of fused-ring (bicyclic) bond motifs is 1. The molecule has 0 saturated heterocycles. The molecule has 1 aliphatic heterocycles. The van der Waals surface area contributed by atoms with Crippen LogP contribution in [0.2, 0.25) is 0 Å². The second-order valence-electron chi connectivity index (χ2n) is 6.00. The van der Waals surface area contributed by atoms with Gasteiger partial charge in [-0.1, -0.05) is 12.1 Å². The van der Waals surface area contributed by atoms with Crippen LogP contribution in [0.15, 0.2) is 47.4 Å². The summed E-state index contributed by atoms with van der Waals surface area (Å²) in [4.78, 5) is 0.225. The van der Waals surface area contributed by atoms with E-state index in [9.17, 15) is 8.42 Å². The molecular weight excluding hydrogens is 326 g/mol. The largest absolute Gasteiger partial charge is 0.493 e. The first-order valence-electron chi connectivity index (χ1n) is 7.95.